The molecule has 0 spiro atoms. The monoisotopic (exact) mass is 447 g/mol. The average molecular weight is 448 g/mol. The predicted molar refractivity (Wildman–Crippen MR) is 123 cm³/mol. The van der Waals surface area contributed by atoms with Gasteiger partial charge in [0.25, 0.3) is 0 Å². The molecular formula is C25H26FN5O2. The zero-order valence-electron chi connectivity index (χ0n) is 18.6. The highest BCUT2D eigenvalue weighted by atomic mass is 19.1. The third kappa shape index (κ3) is 4.37. The molecule has 170 valence electrons. The quantitative estimate of drug-likeness (QED) is 0.613. The number of rotatable bonds is 6. The lowest BCUT2D eigenvalue weighted by Gasteiger charge is -2.28. The Bertz CT molecular complexity index is 1200. The van der Waals surface area contributed by atoms with E-state index < -0.39 is 0 Å². The van der Waals surface area contributed by atoms with Crippen LogP contribution in [0, 0.1) is 11.7 Å². The number of nitrogens with zero attached hydrogens (tertiary/aromatic N) is 4. The van der Waals surface area contributed by atoms with Gasteiger partial charge < -0.3 is 10.2 Å². The maximum absolute atomic E-state index is 13.6. The van der Waals surface area contributed by atoms with Crippen LogP contribution in [0.3, 0.4) is 0 Å². The van der Waals surface area contributed by atoms with Gasteiger partial charge in [0.1, 0.15) is 17.3 Å². The van der Waals surface area contributed by atoms with E-state index in [2.05, 4.69) is 10.3 Å². The van der Waals surface area contributed by atoms with Crippen molar-refractivity contribution >= 4 is 17.6 Å². The fourth-order valence-corrected chi connectivity index (χ4v) is 4.29. The molecular weight excluding hydrogens is 421 g/mol. The Labute approximate surface area is 191 Å². The van der Waals surface area contributed by atoms with Gasteiger partial charge in [0.2, 0.25) is 11.8 Å². The molecule has 0 radical (unpaired) electrons. The lowest BCUT2D eigenvalue weighted by Crippen LogP contribution is -2.39. The van der Waals surface area contributed by atoms with Crippen molar-refractivity contribution < 1.29 is 14.0 Å². The van der Waals surface area contributed by atoms with E-state index in [1.165, 1.54) is 12.1 Å². The van der Waals surface area contributed by atoms with Crippen LogP contribution in [-0.4, -0.2) is 38.0 Å². The van der Waals surface area contributed by atoms with E-state index in [9.17, 15) is 14.0 Å². The normalized spacial score (nSPS) is 15.3. The second kappa shape index (κ2) is 8.77. The van der Waals surface area contributed by atoms with Crippen LogP contribution in [0.5, 0.6) is 0 Å². The van der Waals surface area contributed by atoms with Gasteiger partial charge in [-0.1, -0.05) is 6.92 Å². The Morgan fingerprint density at radius 1 is 1.12 bits per heavy atom. The number of fused-ring (bicyclic) bond motifs is 1. The van der Waals surface area contributed by atoms with Crippen LogP contribution in [0.1, 0.15) is 38.3 Å². The third-order valence-electron chi connectivity index (χ3n) is 6.13. The number of aromatic nitrogens is 3. The van der Waals surface area contributed by atoms with Gasteiger partial charge in [0, 0.05) is 36.2 Å². The molecule has 1 N–H and O–H groups in total. The van der Waals surface area contributed by atoms with E-state index in [0.29, 0.717) is 31.9 Å². The van der Waals surface area contributed by atoms with Crippen molar-refractivity contribution in [1.82, 2.24) is 19.7 Å². The number of anilines is 1. The van der Waals surface area contributed by atoms with Gasteiger partial charge in [-0.05, 0) is 61.2 Å². The SMILES string of the molecule is CCCC(=O)Nc1cc(-c2c(-c3ccc(F)cc3)nn3c2CN(C(=O)C2CC2)CC3)ccn1. The third-order valence-corrected chi connectivity index (χ3v) is 6.13. The summed E-state index contributed by atoms with van der Waals surface area (Å²) in [6.07, 6.45) is 4.77. The number of carbonyl (C=O) groups is 2. The molecule has 1 fully saturated rings. The molecule has 0 bridgehead atoms. The molecule has 33 heavy (non-hydrogen) atoms. The number of hydrogen-bond acceptors (Lipinski definition) is 4. The largest absolute Gasteiger partial charge is 0.335 e. The van der Waals surface area contributed by atoms with Crippen molar-refractivity contribution in [2.45, 2.75) is 45.7 Å². The summed E-state index contributed by atoms with van der Waals surface area (Å²) in [7, 11) is 0. The molecule has 2 aromatic heterocycles. The van der Waals surface area contributed by atoms with Crippen molar-refractivity contribution in [1.29, 1.82) is 0 Å². The maximum Gasteiger partial charge on any atom is 0.226 e. The maximum atomic E-state index is 13.6. The van der Waals surface area contributed by atoms with Gasteiger partial charge in [0.05, 0.1) is 18.8 Å². The van der Waals surface area contributed by atoms with Crippen LogP contribution >= 0.6 is 0 Å². The summed E-state index contributed by atoms with van der Waals surface area (Å²) in [4.78, 5) is 31.1. The van der Waals surface area contributed by atoms with Gasteiger partial charge >= 0.3 is 0 Å². The molecule has 5 rings (SSSR count). The lowest BCUT2D eigenvalue weighted by molar-refractivity contribution is -0.134. The van der Waals surface area contributed by atoms with Crippen LogP contribution < -0.4 is 5.32 Å². The Morgan fingerprint density at radius 3 is 2.64 bits per heavy atom. The highest BCUT2D eigenvalue weighted by Crippen LogP contribution is 2.38. The number of benzene rings is 1. The summed E-state index contributed by atoms with van der Waals surface area (Å²) in [6.45, 7) is 3.65. The Kier molecular flexibility index (Phi) is 5.66. The number of halogens is 1. The molecule has 1 aliphatic heterocycles. The number of amides is 2. The number of hydrogen-bond donors (Lipinski definition) is 1. The van der Waals surface area contributed by atoms with Crippen LogP contribution in [0.2, 0.25) is 0 Å². The van der Waals surface area contributed by atoms with Crippen LogP contribution in [0.4, 0.5) is 10.2 Å². The fourth-order valence-electron chi connectivity index (χ4n) is 4.29. The van der Waals surface area contributed by atoms with E-state index in [1.807, 2.05) is 28.6 Å². The van der Waals surface area contributed by atoms with Crippen LogP contribution in [-0.2, 0) is 22.7 Å². The highest BCUT2D eigenvalue weighted by molar-refractivity contribution is 5.91. The molecule has 0 saturated heterocycles. The molecule has 2 aliphatic rings. The van der Waals surface area contributed by atoms with Crippen LogP contribution in [0.15, 0.2) is 42.6 Å². The zero-order chi connectivity index (χ0) is 22.9. The van der Waals surface area contributed by atoms with E-state index in [4.69, 9.17) is 5.10 Å². The van der Waals surface area contributed by atoms with Crippen molar-refractivity contribution in [3.05, 3.63) is 54.1 Å². The van der Waals surface area contributed by atoms with Gasteiger partial charge in [-0.3, -0.25) is 14.3 Å². The first-order valence-electron chi connectivity index (χ1n) is 11.4. The van der Waals surface area contributed by atoms with E-state index in [-0.39, 0.29) is 23.5 Å². The number of nitrogens with one attached hydrogen (secondary N) is 1. The fraction of sp³-hybridized carbons (Fsp3) is 0.360. The summed E-state index contributed by atoms with van der Waals surface area (Å²) in [5.41, 5.74) is 4.18. The Balaban J connectivity index is 1.57. The van der Waals surface area contributed by atoms with Crippen LogP contribution in [0.25, 0.3) is 22.4 Å². The summed E-state index contributed by atoms with van der Waals surface area (Å²) in [6, 6.07) is 9.98. The summed E-state index contributed by atoms with van der Waals surface area (Å²) in [5, 5.41) is 7.70. The first-order chi connectivity index (χ1) is 16.0. The first-order valence-corrected chi connectivity index (χ1v) is 11.4. The van der Waals surface area contributed by atoms with Crippen molar-refractivity contribution in [3.8, 4) is 22.4 Å². The molecule has 7 nitrogen and oxygen atoms in total. The van der Waals surface area contributed by atoms with E-state index in [0.717, 1.165) is 47.3 Å². The molecule has 8 heteroatoms. The minimum absolute atomic E-state index is 0.0841. The van der Waals surface area contributed by atoms with Gasteiger partial charge in [0.15, 0.2) is 0 Å². The summed E-state index contributed by atoms with van der Waals surface area (Å²) >= 11 is 0. The van der Waals surface area contributed by atoms with E-state index in [1.54, 1.807) is 18.3 Å². The number of carbonyl (C=O) groups excluding carboxylic acids is 2. The lowest BCUT2D eigenvalue weighted by atomic mass is 9.98. The molecule has 0 atom stereocenters. The van der Waals surface area contributed by atoms with E-state index >= 15 is 0 Å². The van der Waals surface area contributed by atoms with Crippen molar-refractivity contribution in [3.63, 3.8) is 0 Å². The smallest absolute Gasteiger partial charge is 0.226 e. The summed E-state index contributed by atoms with van der Waals surface area (Å²) in [5.74, 6) is 0.437. The molecule has 1 aromatic carbocycles. The highest BCUT2D eigenvalue weighted by Gasteiger charge is 2.36. The van der Waals surface area contributed by atoms with Gasteiger partial charge in [-0.2, -0.15) is 5.10 Å². The minimum atomic E-state index is -0.310. The zero-order valence-corrected chi connectivity index (χ0v) is 18.6. The second-order valence-corrected chi connectivity index (χ2v) is 8.66. The van der Waals surface area contributed by atoms with Crippen molar-refractivity contribution in [2.24, 2.45) is 5.92 Å². The number of pyridine rings is 1. The van der Waals surface area contributed by atoms with Crippen molar-refractivity contribution in [2.75, 3.05) is 11.9 Å². The molecule has 0 unspecified atom stereocenters. The predicted octanol–water partition coefficient (Wildman–Crippen LogP) is 4.24. The van der Waals surface area contributed by atoms with Gasteiger partial charge in [-0.15, -0.1) is 0 Å². The molecule has 3 aromatic rings. The molecule has 2 amide bonds. The average Bonchev–Trinajstić information content (AvgIpc) is 3.59. The summed E-state index contributed by atoms with van der Waals surface area (Å²) < 4.78 is 15.5. The van der Waals surface area contributed by atoms with Gasteiger partial charge in [-0.25, -0.2) is 9.37 Å². The molecule has 3 heterocycles. The topological polar surface area (TPSA) is 80.1 Å². The molecule has 1 aliphatic carbocycles. The standard InChI is InChI=1S/C25H26FN5O2/c1-2-3-22(32)28-21-14-18(10-11-27-21)23-20-15-30(25(33)17-4-5-17)12-13-31(20)29-24(23)16-6-8-19(26)9-7-16/h6-11,14,17H,2-5,12-13,15H2,1H3,(H,27,28,32). The first kappa shape index (κ1) is 21.3. The Morgan fingerprint density at radius 2 is 1.91 bits per heavy atom. The Hall–Kier alpha value is -3.55. The minimum Gasteiger partial charge on any atom is -0.335 e. The second-order valence-electron chi connectivity index (χ2n) is 8.66. The molecule has 1 saturated carbocycles.